The standard InChI is InChI=1S/C64H46N2O2/c1-2-21-42(22-3-1)65(55-29-13-26-48-44-24-6-8-31-59(44)67-63(48)55)57-37-52(40-16-10-17-40)46-34-36-51-58(38-53(41-18-11-19-41)47-33-35-50(57)61(46)62(47)51)66(54-28-12-20-39-15-4-5-23-43(39)54)56-30-14-27-49-45-25-7-9-32-60(45)68-64(49)56/h1-9,12-15,20-38,40-41H,10-11,16-19H2. The first-order chi connectivity index (χ1) is 33.7. The fourth-order valence-electron chi connectivity index (χ4n) is 12.1. The molecular formula is C64H46N2O2. The van der Waals surface area contributed by atoms with Crippen LogP contribution in [0.1, 0.15) is 61.5 Å². The lowest BCUT2D eigenvalue weighted by Gasteiger charge is -2.35. The van der Waals surface area contributed by atoms with E-state index in [-0.39, 0.29) is 0 Å². The van der Waals surface area contributed by atoms with E-state index in [0.29, 0.717) is 11.8 Å². The van der Waals surface area contributed by atoms with Gasteiger partial charge in [0.25, 0.3) is 0 Å². The van der Waals surface area contributed by atoms with Gasteiger partial charge in [0.05, 0.1) is 28.4 Å². The Morgan fingerprint density at radius 1 is 0.324 bits per heavy atom. The third-order valence-corrected chi connectivity index (χ3v) is 15.8. The Bertz CT molecular complexity index is 4130. The quantitative estimate of drug-likeness (QED) is 0.142. The number of fused-ring (bicyclic) bond motifs is 7. The summed E-state index contributed by atoms with van der Waals surface area (Å²) in [5, 5.41) is 14.8. The van der Waals surface area contributed by atoms with Crippen molar-refractivity contribution in [3.63, 3.8) is 0 Å². The monoisotopic (exact) mass is 874 g/mol. The van der Waals surface area contributed by atoms with Crippen molar-refractivity contribution >= 4 is 121 Å². The van der Waals surface area contributed by atoms with Crippen molar-refractivity contribution in [3.8, 4) is 0 Å². The van der Waals surface area contributed by atoms with Gasteiger partial charge in [-0.3, -0.25) is 0 Å². The highest BCUT2D eigenvalue weighted by Crippen LogP contribution is 2.55. The Kier molecular flexibility index (Phi) is 8.24. The lowest BCUT2D eigenvalue weighted by Crippen LogP contribution is -2.16. The number of para-hydroxylation sites is 5. The van der Waals surface area contributed by atoms with Crippen LogP contribution in [0.15, 0.2) is 203 Å². The first kappa shape index (κ1) is 38.1. The van der Waals surface area contributed by atoms with E-state index >= 15 is 0 Å². The Morgan fingerprint density at radius 2 is 0.765 bits per heavy atom. The smallest absolute Gasteiger partial charge is 0.159 e. The van der Waals surface area contributed by atoms with Crippen molar-refractivity contribution in [3.05, 3.63) is 205 Å². The van der Waals surface area contributed by atoms with Crippen molar-refractivity contribution in [2.45, 2.75) is 50.4 Å². The van der Waals surface area contributed by atoms with Crippen LogP contribution >= 0.6 is 0 Å². The normalized spacial score (nSPS) is 14.6. The maximum absolute atomic E-state index is 6.94. The van der Waals surface area contributed by atoms with Crippen molar-refractivity contribution < 1.29 is 8.83 Å². The molecule has 324 valence electrons. The second kappa shape index (κ2) is 14.7. The second-order valence-electron chi connectivity index (χ2n) is 19.3. The summed E-state index contributed by atoms with van der Waals surface area (Å²) >= 11 is 0. The average molecular weight is 875 g/mol. The number of nitrogens with zero attached hydrogens (tertiary/aromatic N) is 2. The van der Waals surface area contributed by atoms with Gasteiger partial charge in [-0.1, -0.05) is 152 Å². The van der Waals surface area contributed by atoms with Gasteiger partial charge >= 0.3 is 0 Å². The van der Waals surface area contributed by atoms with Gasteiger partial charge in [-0.25, -0.2) is 0 Å². The van der Waals surface area contributed by atoms with Gasteiger partial charge in [0.15, 0.2) is 11.2 Å². The number of anilines is 6. The summed E-state index contributed by atoms with van der Waals surface area (Å²) in [6.07, 6.45) is 7.29. The molecule has 4 nitrogen and oxygen atoms in total. The van der Waals surface area contributed by atoms with Crippen LogP contribution in [0.4, 0.5) is 34.1 Å². The topological polar surface area (TPSA) is 32.8 Å². The zero-order valence-electron chi connectivity index (χ0n) is 37.6. The van der Waals surface area contributed by atoms with Gasteiger partial charge in [0.1, 0.15) is 11.2 Å². The fraction of sp³-hybridized carbons (Fsp3) is 0.125. The van der Waals surface area contributed by atoms with Crippen molar-refractivity contribution in [2.75, 3.05) is 9.80 Å². The second-order valence-corrected chi connectivity index (χ2v) is 19.3. The highest BCUT2D eigenvalue weighted by atomic mass is 16.3. The summed E-state index contributed by atoms with van der Waals surface area (Å²) in [5.41, 5.74) is 13.2. The van der Waals surface area contributed by atoms with Crippen molar-refractivity contribution in [2.24, 2.45) is 0 Å². The molecule has 2 aliphatic carbocycles. The van der Waals surface area contributed by atoms with E-state index in [0.717, 1.165) is 66.6 Å². The van der Waals surface area contributed by atoms with E-state index in [1.54, 1.807) is 0 Å². The summed E-state index contributed by atoms with van der Waals surface area (Å²) < 4.78 is 13.8. The molecule has 2 aliphatic rings. The SMILES string of the molecule is c1ccc(N(c2cc(C3CCC3)c3ccc4c(N(c5cccc6ccccc56)c5cccc6c5oc5ccccc56)cc(C5CCC5)c5ccc2c3c54)c2cccc3c2oc2ccccc23)cc1. The lowest BCUT2D eigenvalue weighted by atomic mass is 9.74. The Labute approximate surface area is 393 Å². The average Bonchev–Trinajstić information content (AvgIpc) is 3.94. The fourth-order valence-corrected chi connectivity index (χ4v) is 12.1. The summed E-state index contributed by atoms with van der Waals surface area (Å²) in [5.74, 6) is 0.966. The number of rotatable bonds is 8. The van der Waals surface area contributed by atoms with Crippen LogP contribution in [0, 0.1) is 0 Å². The predicted octanol–water partition coefficient (Wildman–Crippen LogP) is 19.0. The molecule has 2 heterocycles. The molecule has 0 unspecified atom stereocenters. The van der Waals surface area contributed by atoms with Crippen LogP contribution in [0.3, 0.4) is 0 Å². The molecule has 15 rings (SSSR count). The van der Waals surface area contributed by atoms with Gasteiger partial charge in [-0.2, -0.15) is 0 Å². The largest absolute Gasteiger partial charge is 0.454 e. The first-order valence-electron chi connectivity index (χ1n) is 24.5. The highest BCUT2D eigenvalue weighted by Gasteiger charge is 2.32. The highest BCUT2D eigenvalue weighted by molar-refractivity contribution is 6.30. The molecule has 11 aromatic carbocycles. The van der Waals surface area contributed by atoms with Crippen LogP contribution in [-0.4, -0.2) is 0 Å². The van der Waals surface area contributed by atoms with Gasteiger partial charge in [0.2, 0.25) is 0 Å². The summed E-state index contributed by atoms with van der Waals surface area (Å²) in [6.45, 7) is 0. The Morgan fingerprint density at radius 3 is 1.34 bits per heavy atom. The molecule has 0 atom stereocenters. The van der Waals surface area contributed by atoms with E-state index < -0.39 is 0 Å². The van der Waals surface area contributed by atoms with E-state index in [9.17, 15) is 0 Å². The molecule has 0 radical (unpaired) electrons. The molecular weight excluding hydrogens is 829 g/mol. The maximum Gasteiger partial charge on any atom is 0.159 e. The van der Waals surface area contributed by atoms with Crippen LogP contribution in [0.2, 0.25) is 0 Å². The minimum absolute atomic E-state index is 0.478. The maximum atomic E-state index is 6.94. The molecule has 13 aromatic rings. The minimum Gasteiger partial charge on any atom is -0.454 e. The van der Waals surface area contributed by atoms with E-state index in [1.165, 1.54) is 104 Å². The van der Waals surface area contributed by atoms with Crippen LogP contribution in [0.25, 0.3) is 87.0 Å². The minimum atomic E-state index is 0.478. The zero-order chi connectivity index (χ0) is 44.5. The molecule has 2 aromatic heterocycles. The molecule has 68 heavy (non-hydrogen) atoms. The van der Waals surface area contributed by atoms with Crippen LogP contribution in [0.5, 0.6) is 0 Å². The van der Waals surface area contributed by atoms with Gasteiger partial charge < -0.3 is 18.6 Å². The molecule has 0 aliphatic heterocycles. The Balaban J connectivity index is 1.08. The number of hydrogen-bond acceptors (Lipinski definition) is 4. The molecule has 0 spiro atoms. The van der Waals surface area contributed by atoms with Gasteiger partial charge in [-0.15, -0.1) is 0 Å². The van der Waals surface area contributed by atoms with E-state index in [1.807, 2.05) is 0 Å². The predicted molar refractivity (Wildman–Crippen MR) is 285 cm³/mol. The number of furan rings is 2. The zero-order valence-corrected chi connectivity index (χ0v) is 37.6. The summed E-state index contributed by atoms with van der Waals surface area (Å²) in [4.78, 5) is 5.02. The van der Waals surface area contributed by atoms with E-state index in [4.69, 9.17) is 8.83 Å². The van der Waals surface area contributed by atoms with Crippen molar-refractivity contribution in [1.82, 2.24) is 0 Å². The summed E-state index contributed by atoms with van der Waals surface area (Å²) in [6, 6.07) is 71.6. The third-order valence-electron chi connectivity index (χ3n) is 15.8. The molecule has 2 fully saturated rings. The molecule has 0 saturated heterocycles. The third kappa shape index (κ3) is 5.49. The van der Waals surface area contributed by atoms with Crippen LogP contribution < -0.4 is 9.80 Å². The lowest BCUT2D eigenvalue weighted by molar-refractivity contribution is 0.422. The first-order valence-corrected chi connectivity index (χ1v) is 24.5. The molecule has 0 N–H and O–H groups in total. The Hall–Kier alpha value is -8.08. The van der Waals surface area contributed by atoms with E-state index in [2.05, 4.69) is 204 Å². The van der Waals surface area contributed by atoms with Gasteiger partial charge in [0, 0.05) is 43.4 Å². The van der Waals surface area contributed by atoms with Crippen molar-refractivity contribution in [1.29, 1.82) is 0 Å². The number of benzene rings is 11. The molecule has 0 amide bonds. The molecule has 0 bridgehead atoms. The summed E-state index contributed by atoms with van der Waals surface area (Å²) in [7, 11) is 0. The van der Waals surface area contributed by atoms with Gasteiger partial charge in [-0.05, 0) is 130 Å². The van der Waals surface area contributed by atoms with Crippen LogP contribution in [-0.2, 0) is 0 Å². The number of hydrogen-bond donors (Lipinski definition) is 0. The molecule has 4 heteroatoms. The molecule has 2 saturated carbocycles.